The molecule has 17 heteroatoms. The number of ether oxygens (including phenoxy) is 1. The molecule has 0 unspecified atom stereocenters. The lowest BCUT2D eigenvalue weighted by Crippen LogP contribution is -2.68. The number of aromatic amines is 1. The van der Waals surface area contributed by atoms with E-state index >= 15 is 0 Å². The fourth-order valence-corrected chi connectivity index (χ4v) is 8.14. The first kappa shape index (κ1) is 37.2. The van der Waals surface area contributed by atoms with Crippen LogP contribution in [0.25, 0.3) is 0 Å². The number of pyridine rings is 1. The normalized spacial score (nSPS) is 20.2. The van der Waals surface area contributed by atoms with Crippen LogP contribution in [-0.2, 0) is 30.0 Å². The molecule has 0 spiro atoms. The van der Waals surface area contributed by atoms with Gasteiger partial charge in [0.15, 0.2) is 5.82 Å². The van der Waals surface area contributed by atoms with Crippen LogP contribution in [-0.4, -0.2) is 78.5 Å². The molecule has 1 N–H and O–H groups in total. The summed E-state index contributed by atoms with van der Waals surface area (Å²) in [6, 6.07) is 8.48. The Balaban J connectivity index is 1.30. The van der Waals surface area contributed by atoms with Gasteiger partial charge < -0.3 is 14.5 Å². The Bertz CT molecular complexity index is 1840. The second kappa shape index (κ2) is 15.2. The van der Waals surface area contributed by atoms with Crippen molar-refractivity contribution in [2.24, 2.45) is 0 Å². The number of aromatic nitrogens is 5. The number of carbonyl (C=O) groups is 2. The van der Waals surface area contributed by atoms with Crippen LogP contribution in [0.3, 0.4) is 0 Å². The highest BCUT2D eigenvalue weighted by molar-refractivity contribution is 7.10. The molecule has 1 aromatic carbocycles. The molecular formula is C35H37F6N7O3S. The van der Waals surface area contributed by atoms with Crippen molar-refractivity contribution in [3.63, 3.8) is 0 Å². The molecule has 0 radical (unpaired) electrons. The lowest BCUT2D eigenvalue weighted by atomic mass is 9.78. The quantitative estimate of drug-likeness (QED) is 0.172. The topological polar surface area (TPSA) is 117 Å². The van der Waals surface area contributed by atoms with Crippen LogP contribution in [0.15, 0.2) is 54.2 Å². The third-order valence-electron chi connectivity index (χ3n) is 9.84. The first-order valence-corrected chi connectivity index (χ1v) is 18.0. The number of carbonyl (C=O) groups excluding carboxylic acids is 2. The van der Waals surface area contributed by atoms with Gasteiger partial charge in [0.05, 0.1) is 17.2 Å². The SMILES string of the molecule is CCC[C@H]1N(C(=O)c2cnccc2C(F)(F)F)CCC[C@]1(Oc1csc(C(F)(F)F)c1)C(=O)N1CCC(c2ccccc2CCc2nn[nH]n2)CC1. The number of alkyl halides is 6. The molecule has 4 aromatic rings. The van der Waals surface area contributed by atoms with Gasteiger partial charge in [-0.3, -0.25) is 14.6 Å². The molecule has 0 bridgehead atoms. The van der Waals surface area contributed by atoms with Gasteiger partial charge >= 0.3 is 12.4 Å². The number of benzene rings is 1. The minimum Gasteiger partial charge on any atom is -0.474 e. The van der Waals surface area contributed by atoms with Crippen LogP contribution in [0.5, 0.6) is 5.75 Å². The van der Waals surface area contributed by atoms with Crippen molar-refractivity contribution >= 4 is 23.2 Å². The van der Waals surface area contributed by atoms with E-state index in [4.69, 9.17) is 4.74 Å². The van der Waals surface area contributed by atoms with Crippen LogP contribution in [0.4, 0.5) is 26.3 Å². The highest BCUT2D eigenvalue weighted by Crippen LogP contribution is 2.43. The van der Waals surface area contributed by atoms with Crippen LogP contribution in [0.1, 0.15) is 89.1 Å². The van der Waals surface area contributed by atoms with Crippen molar-refractivity contribution in [1.29, 1.82) is 0 Å². The molecule has 2 aliphatic rings. The number of tetrazole rings is 1. The van der Waals surface area contributed by atoms with E-state index in [0.29, 0.717) is 62.4 Å². The average Bonchev–Trinajstić information content (AvgIpc) is 3.84. The molecule has 2 amide bonds. The Morgan fingerprint density at radius 1 is 1.04 bits per heavy atom. The van der Waals surface area contributed by atoms with E-state index in [0.717, 1.165) is 35.7 Å². The molecule has 278 valence electrons. The Labute approximate surface area is 299 Å². The standard InChI is InChI=1S/C35H37F6N7O3S/c1-2-6-28-33(51-24-19-29(52-21-24)35(39,40)41,14-5-16-48(28)31(49)26-20-42-15-11-27(26)34(36,37)38)32(50)47-17-12-23(13-18-47)25-8-4-3-7-22(25)9-10-30-43-45-46-44-30/h3-4,7-8,11,15,19-21,23,28H,2,5-6,9-10,12-14,16-18H2,1H3,(H,43,44,45,46)/t28-,33-/m1/s1. The van der Waals surface area contributed by atoms with E-state index in [1.165, 1.54) is 10.3 Å². The summed E-state index contributed by atoms with van der Waals surface area (Å²) >= 11 is 0.415. The number of halogens is 6. The lowest BCUT2D eigenvalue weighted by Gasteiger charge is -2.50. The summed E-state index contributed by atoms with van der Waals surface area (Å²) in [6.45, 7) is 2.43. The zero-order valence-corrected chi connectivity index (χ0v) is 29.0. The maximum absolute atomic E-state index is 14.9. The fraction of sp³-hybridized carbons (Fsp3) is 0.486. The molecule has 2 fully saturated rings. The van der Waals surface area contributed by atoms with E-state index < -0.39 is 51.8 Å². The fourth-order valence-electron chi connectivity index (χ4n) is 7.46. The van der Waals surface area contributed by atoms with Gasteiger partial charge in [-0.2, -0.15) is 31.6 Å². The summed E-state index contributed by atoms with van der Waals surface area (Å²) in [4.78, 5) is 34.6. The number of piperidine rings is 2. The van der Waals surface area contributed by atoms with Gasteiger partial charge in [0.1, 0.15) is 10.6 Å². The van der Waals surface area contributed by atoms with E-state index in [-0.39, 0.29) is 37.5 Å². The molecule has 3 aromatic heterocycles. The summed E-state index contributed by atoms with van der Waals surface area (Å²) < 4.78 is 89.4. The third kappa shape index (κ3) is 7.78. The van der Waals surface area contributed by atoms with Crippen molar-refractivity contribution in [3.05, 3.63) is 87.1 Å². The minimum absolute atomic E-state index is 0.0221. The Morgan fingerprint density at radius 3 is 2.48 bits per heavy atom. The van der Waals surface area contributed by atoms with Gasteiger partial charge in [0.2, 0.25) is 5.60 Å². The predicted molar refractivity (Wildman–Crippen MR) is 177 cm³/mol. The Kier molecular flexibility index (Phi) is 10.9. The number of thiophene rings is 1. The molecule has 10 nitrogen and oxygen atoms in total. The second-order valence-electron chi connectivity index (χ2n) is 13.1. The van der Waals surface area contributed by atoms with Gasteiger partial charge in [0.25, 0.3) is 11.8 Å². The first-order chi connectivity index (χ1) is 24.8. The summed E-state index contributed by atoms with van der Waals surface area (Å²) in [5.74, 6) is -0.973. The molecule has 0 aliphatic carbocycles. The average molecular weight is 750 g/mol. The molecule has 2 saturated heterocycles. The molecule has 2 aliphatic heterocycles. The van der Waals surface area contributed by atoms with Crippen molar-refractivity contribution in [1.82, 2.24) is 35.4 Å². The van der Waals surface area contributed by atoms with E-state index in [1.807, 2.05) is 18.2 Å². The second-order valence-corrected chi connectivity index (χ2v) is 14.0. The van der Waals surface area contributed by atoms with Crippen LogP contribution in [0.2, 0.25) is 0 Å². The number of H-pyrrole nitrogens is 1. The van der Waals surface area contributed by atoms with E-state index in [2.05, 4.69) is 31.7 Å². The molecular weight excluding hydrogens is 712 g/mol. The smallest absolute Gasteiger partial charge is 0.425 e. The monoisotopic (exact) mass is 749 g/mol. The molecule has 2 atom stereocenters. The van der Waals surface area contributed by atoms with Crippen molar-refractivity contribution in [2.45, 2.75) is 88.2 Å². The maximum Gasteiger partial charge on any atom is 0.425 e. The molecule has 6 rings (SSSR count). The summed E-state index contributed by atoms with van der Waals surface area (Å²) in [6.07, 6.45) is -4.49. The van der Waals surface area contributed by atoms with Gasteiger partial charge in [-0.05, 0) is 55.2 Å². The van der Waals surface area contributed by atoms with Crippen molar-refractivity contribution in [2.75, 3.05) is 19.6 Å². The number of rotatable bonds is 10. The zero-order chi connectivity index (χ0) is 37.1. The summed E-state index contributed by atoms with van der Waals surface area (Å²) in [7, 11) is 0. The number of nitrogens with zero attached hydrogens (tertiary/aromatic N) is 6. The van der Waals surface area contributed by atoms with Gasteiger partial charge in [-0.1, -0.05) is 42.8 Å². The Hall–Kier alpha value is -4.54. The molecule has 52 heavy (non-hydrogen) atoms. The molecule has 5 heterocycles. The molecule has 0 saturated carbocycles. The Morgan fingerprint density at radius 2 is 1.81 bits per heavy atom. The number of hydrogen-bond donors (Lipinski definition) is 1. The van der Waals surface area contributed by atoms with Gasteiger partial charge in [0, 0.05) is 56.3 Å². The van der Waals surface area contributed by atoms with Crippen LogP contribution < -0.4 is 4.74 Å². The van der Waals surface area contributed by atoms with E-state index in [1.54, 1.807) is 11.8 Å². The maximum atomic E-state index is 14.9. The highest BCUT2D eigenvalue weighted by Gasteiger charge is 2.56. The predicted octanol–water partition coefficient (Wildman–Crippen LogP) is 7.11. The number of amides is 2. The number of hydrogen-bond acceptors (Lipinski definition) is 8. The van der Waals surface area contributed by atoms with Crippen molar-refractivity contribution in [3.8, 4) is 5.75 Å². The highest BCUT2D eigenvalue weighted by atomic mass is 32.1. The summed E-state index contributed by atoms with van der Waals surface area (Å²) in [5.41, 5.74) is -1.44. The number of aryl methyl sites for hydroxylation is 2. The third-order valence-corrected chi connectivity index (χ3v) is 10.8. The first-order valence-electron chi connectivity index (χ1n) is 17.1. The number of likely N-dealkylation sites (tertiary alicyclic amines) is 2. The van der Waals surface area contributed by atoms with Gasteiger partial charge in [-0.25, -0.2) is 0 Å². The largest absolute Gasteiger partial charge is 0.474 e. The van der Waals surface area contributed by atoms with E-state index in [9.17, 15) is 35.9 Å². The summed E-state index contributed by atoms with van der Waals surface area (Å²) in [5, 5.41) is 15.3. The minimum atomic E-state index is -4.85. The zero-order valence-electron chi connectivity index (χ0n) is 28.2. The number of nitrogens with one attached hydrogen (secondary N) is 1. The van der Waals surface area contributed by atoms with Crippen molar-refractivity contribution < 1.29 is 40.7 Å². The van der Waals surface area contributed by atoms with Gasteiger partial charge in [-0.15, -0.1) is 21.5 Å². The van der Waals surface area contributed by atoms with Crippen LogP contribution in [0, 0.1) is 0 Å². The van der Waals surface area contributed by atoms with Crippen LogP contribution >= 0.6 is 11.3 Å². The lowest BCUT2D eigenvalue weighted by molar-refractivity contribution is -0.160.